The van der Waals surface area contributed by atoms with Crippen LogP contribution in [0.25, 0.3) is 0 Å². The van der Waals surface area contributed by atoms with Crippen molar-refractivity contribution in [3.8, 4) is 5.75 Å². The molecule has 1 unspecified atom stereocenters. The number of phenolic OH excluding ortho intramolecular Hbond substituents is 1. The van der Waals surface area contributed by atoms with Crippen molar-refractivity contribution in [2.75, 3.05) is 26.2 Å². The number of nitrogens with zero attached hydrogens (tertiary/aromatic N) is 3. The molecule has 7 nitrogen and oxygen atoms in total. The number of rotatable bonds is 2. The molecular formula is C14H17N3O4. The molecule has 2 fully saturated rings. The van der Waals surface area contributed by atoms with Crippen LogP contribution in [0.5, 0.6) is 5.75 Å². The molecule has 21 heavy (non-hydrogen) atoms. The number of fused-ring (bicyclic) bond motifs is 1. The van der Waals surface area contributed by atoms with Crippen LogP contribution in [0.3, 0.4) is 0 Å². The van der Waals surface area contributed by atoms with Crippen molar-refractivity contribution in [2.45, 2.75) is 18.9 Å². The van der Waals surface area contributed by atoms with E-state index < -0.39 is 16.4 Å². The van der Waals surface area contributed by atoms with Gasteiger partial charge in [-0.05, 0) is 25.5 Å². The minimum atomic E-state index is -0.680. The minimum Gasteiger partial charge on any atom is -0.502 e. The average Bonchev–Trinajstić information content (AvgIpc) is 2.93. The van der Waals surface area contributed by atoms with Crippen LogP contribution in [-0.2, 0) is 0 Å². The lowest BCUT2D eigenvalue weighted by Gasteiger charge is -2.37. The molecule has 1 aromatic rings. The fraction of sp³-hybridized carbons (Fsp3) is 0.500. The van der Waals surface area contributed by atoms with E-state index in [4.69, 9.17) is 0 Å². The van der Waals surface area contributed by atoms with Crippen LogP contribution in [0.15, 0.2) is 18.2 Å². The highest BCUT2D eigenvalue weighted by Crippen LogP contribution is 2.31. The maximum absolute atomic E-state index is 12.5. The number of nitro benzene ring substituents is 1. The molecule has 3 rings (SSSR count). The molecule has 0 aliphatic carbocycles. The first-order valence-electron chi connectivity index (χ1n) is 7.07. The maximum atomic E-state index is 12.5. The Balaban J connectivity index is 1.82. The molecule has 1 atom stereocenters. The van der Waals surface area contributed by atoms with Crippen molar-refractivity contribution < 1.29 is 14.8 Å². The number of carbonyl (C=O) groups is 1. The summed E-state index contributed by atoms with van der Waals surface area (Å²) >= 11 is 0. The molecule has 2 heterocycles. The summed E-state index contributed by atoms with van der Waals surface area (Å²) in [4.78, 5) is 26.7. The van der Waals surface area contributed by atoms with E-state index in [2.05, 4.69) is 4.90 Å². The molecule has 2 aliphatic rings. The number of aromatic hydroxyl groups is 1. The molecule has 0 spiro atoms. The molecule has 2 saturated heterocycles. The number of piperazine rings is 1. The molecule has 2 aliphatic heterocycles. The fourth-order valence-corrected chi connectivity index (χ4v) is 3.20. The van der Waals surface area contributed by atoms with Crippen molar-refractivity contribution in [3.05, 3.63) is 33.9 Å². The van der Waals surface area contributed by atoms with Gasteiger partial charge >= 0.3 is 5.69 Å². The minimum absolute atomic E-state index is 0.00986. The molecular weight excluding hydrogens is 274 g/mol. The first-order valence-corrected chi connectivity index (χ1v) is 7.07. The zero-order chi connectivity index (χ0) is 15.0. The van der Waals surface area contributed by atoms with Crippen LogP contribution < -0.4 is 0 Å². The van der Waals surface area contributed by atoms with Crippen LogP contribution in [0, 0.1) is 10.1 Å². The Kier molecular flexibility index (Phi) is 3.50. The molecule has 7 heteroatoms. The van der Waals surface area contributed by atoms with Gasteiger partial charge in [-0.15, -0.1) is 0 Å². The maximum Gasteiger partial charge on any atom is 0.311 e. The third kappa shape index (κ3) is 2.44. The number of amides is 1. The highest BCUT2D eigenvalue weighted by molar-refractivity contribution is 5.98. The van der Waals surface area contributed by atoms with E-state index in [1.54, 1.807) is 4.90 Å². The van der Waals surface area contributed by atoms with Gasteiger partial charge in [-0.3, -0.25) is 19.8 Å². The Morgan fingerprint density at radius 2 is 2.14 bits per heavy atom. The van der Waals surface area contributed by atoms with Gasteiger partial charge in [0.05, 0.1) is 10.5 Å². The predicted octanol–water partition coefficient (Wildman–Crippen LogP) is 1.22. The summed E-state index contributed by atoms with van der Waals surface area (Å²) in [5, 5.41) is 20.8. The van der Waals surface area contributed by atoms with E-state index in [-0.39, 0.29) is 11.5 Å². The molecule has 0 aromatic heterocycles. The molecule has 0 bridgehead atoms. The molecule has 1 N–H and O–H groups in total. The Labute approximate surface area is 121 Å². The van der Waals surface area contributed by atoms with E-state index in [0.717, 1.165) is 25.9 Å². The summed E-state index contributed by atoms with van der Waals surface area (Å²) < 4.78 is 0. The summed E-state index contributed by atoms with van der Waals surface area (Å²) in [5.41, 5.74) is -0.420. The summed E-state index contributed by atoms with van der Waals surface area (Å²) in [6.45, 7) is 3.12. The third-order valence-corrected chi connectivity index (χ3v) is 4.32. The van der Waals surface area contributed by atoms with E-state index in [1.165, 1.54) is 18.2 Å². The molecule has 0 saturated carbocycles. The zero-order valence-electron chi connectivity index (χ0n) is 11.6. The second-order valence-electron chi connectivity index (χ2n) is 5.51. The monoisotopic (exact) mass is 291 g/mol. The summed E-state index contributed by atoms with van der Waals surface area (Å²) in [6.07, 6.45) is 2.22. The number of hydrogen-bond acceptors (Lipinski definition) is 5. The van der Waals surface area contributed by atoms with Gasteiger partial charge < -0.3 is 10.0 Å². The number of nitro groups is 1. The van der Waals surface area contributed by atoms with Crippen molar-refractivity contribution in [2.24, 2.45) is 0 Å². The molecule has 0 radical (unpaired) electrons. The highest BCUT2D eigenvalue weighted by atomic mass is 16.6. The third-order valence-electron chi connectivity index (χ3n) is 4.32. The number of para-hydroxylation sites is 1. The molecule has 112 valence electrons. The van der Waals surface area contributed by atoms with Crippen LogP contribution >= 0.6 is 0 Å². The van der Waals surface area contributed by atoms with Crippen molar-refractivity contribution in [3.63, 3.8) is 0 Å². The summed E-state index contributed by atoms with van der Waals surface area (Å²) in [5.74, 6) is -0.871. The van der Waals surface area contributed by atoms with E-state index in [0.29, 0.717) is 19.1 Å². The van der Waals surface area contributed by atoms with Crippen molar-refractivity contribution >= 4 is 11.6 Å². The van der Waals surface area contributed by atoms with Crippen LogP contribution in [0.4, 0.5) is 5.69 Å². The number of benzene rings is 1. The largest absolute Gasteiger partial charge is 0.502 e. The average molecular weight is 291 g/mol. The molecule has 1 amide bonds. The quantitative estimate of drug-likeness (QED) is 0.654. The van der Waals surface area contributed by atoms with E-state index >= 15 is 0 Å². The lowest BCUT2D eigenvalue weighted by Crippen LogP contribution is -2.52. The summed E-state index contributed by atoms with van der Waals surface area (Å²) in [7, 11) is 0. The first kappa shape index (κ1) is 13.8. The van der Waals surface area contributed by atoms with Gasteiger partial charge in [0.25, 0.3) is 5.91 Å². The number of carbonyl (C=O) groups excluding carboxylic acids is 1. The van der Waals surface area contributed by atoms with Gasteiger partial charge in [0.2, 0.25) is 5.75 Å². The van der Waals surface area contributed by atoms with Crippen LogP contribution in [-0.4, -0.2) is 58.0 Å². The van der Waals surface area contributed by atoms with Gasteiger partial charge in [0, 0.05) is 31.7 Å². The van der Waals surface area contributed by atoms with Gasteiger partial charge in [0.15, 0.2) is 0 Å². The SMILES string of the molecule is O=C(c1cccc([N+](=O)[O-])c1O)N1CCN2CCCC2C1. The van der Waals surface area contributed by atoms with Crippen molar-refractivity contribution in [1.29, 1.82) is 0 Å². The Morgan fingerprint density at radius 1 is 1.33 bits per heavy atom. The summed E-state index contributed by atoms with van der Waals surface area (Å²) in [6, 6.07) is 4.44. The standard InChI is InChI=1S/C14H17N3O4/c18-13-11(4-1-5-12(13)17(20)21)14(19)16-8-7-15-6-2-3-10(15)9-16/h1,4-5,10,18H,2-3,6-9H2. The van der Waals surface area contributed by atoms with Gasteiger partial charge in [-0.25, -0.2) is 0 Å². The Hall–Kier alpha value is -2.15. The lowest BCUT2D eigenvalue weighted by atomic mass is 10.1. The highest BCUT2D eigenvalue weighted by Gasteiger charge is 2.34. The Bertz CT molecular complexity index is 590. The second kappa shape index (κ2) is 5.33. The van der Waals surface area contributed by atoms with Crippen molar-refractivity contribution in [1.82, 2.24) is 9.80 Å². The van der Waals surface area contributed by atoms with Crippen LogP contribution in [0.1, 0.15) is 23.2 Å². The van der Waals surface area contributed by atoms with E-state index in [9.17, 15) is 20.0 Å². The van der Waals surface area contributed by atoms with Gasteiger partial charge in [-0.1, -0.05) is 6.07 Å². The predicted molar refractivity (Wildman–Crippen MR) is 75.3 cm³/mol. The molecule has 1 aromatic carbocycles. The number of phenols is 1. The normalized spacial score (nSPS) is 22.1. The zero-order valence-corrected chi connectivity index (χ0v) is 11.6. The van der Waals surface area contributed by atoms with E-state index in [1.807, 2.05) is 0 Å². The van der Waals surface area contributed by atoms with Gasteiger partial charge in [-0.2, -0.15) is 0 Å². The fourth-order valence-electron chi connectivity index (χ4n) is 3.20. The van der Waals surface area contributed by atoms with Gasteiger partial charge in [0.1, 0.15) is 0 Å². The number of hydrogen-bond donors (Lipinski definition) is 1. The topological polar surface area (TPSA) is 86.9 Å². The first-order chi connectivity index (χ1) is 10.1. The smallest absolute Gasteiger partial charge is 0.311 e. The lowest BCUT2D eigenvalue weighted by molar-refractivity contribution is -0.385. The second-order valence-corrected chi connectivity index (χ2v) is 5.51. The Morgan fingerprint density at radius 3 is 2.90 bits per heavy atom. The van der Waals surface area contributed by atoms with Crippen LogP contribution in [0.2, 0.25) is 0 Å².